The zero-order valence-electron chi connectivity index (χ0n) is 23.1. The van der Waals surface area contributed by atoms with Crippen molar-refractivity contribution >= 4 is 5.78 Å². The molecule has 1 aromatic heterocycles. The van der Waals surface area contributed by atoms with Gasteiger partial charge in [-0.3, -0.25) is 4.79 Å². The molecule has 4 rings (SSSR count). The first kappa shape index (κ1) is 29.9. The van der Waals surface area contributed by atoms with Crippen molar-refractivity contribution in [3.8, 4) is 22.8 Å². The highest BCUT2D eigenvalue weighted by Crippen LogP contribution is 2.31. The molecule has 0 spiro atoms. The Morgan fingerprint density at radius 3 is 2.37 bits per heavy atom. The van der Waals surface area contributed by atoms with E-state index >= 15 is 0 Å². The Morgan fingerprint density at radius 1 is 0.902 bits per heavy atom. The van der Waals surface area contributed by atoms with Crippen molar-refractivity contribution in [1.29, 1.82) is 0 Å². The standard InChI is InChI=1S/C32H33F2NO6/c1-23-13-15-25(16-14-23)29-28(21-38-22-37-2)41-31(35-29)30(36)32(33,34)17-6-7-18-39-26-11-8-12-27(19-26)40-20-24-9-4-3-5-10-24/h3-5,8-16,19H,6-7,17-18,20-22H2,1-2H3. The number of Topliss-reactive ketones (excluding diaryl/α,β-unsaturated/α-hetero) is 1. The van der Waals surface area contributed by atoms with Crippen molar-refractivity contribution in [2.45, 2.75) is 45.3 Å². The van der Waals surface area contributed by atoms with Crippen LogP contribution in [0.1, 0.15) is 46.8 Å². The topological polar surface area (TPSA) is 80.0 Å². The van der Waals surface area contributed by atoms with Gasteiger partial charge in [0.2, 0.25) is 0 Å². The summed E-state index contributed by atoms with van der Waals surface area (Å²) in [5.41, 5.74) is 2.97. The van der Waals surface area contributed by atoms with Gasteiger partial charge in [0.1, 0.15) is 37.2 Å². The molecule has 0 saturated carbocycles. The predicted molar refractivity (Wildman–Crippen MR) is 149 cm³/mol. The highest BCUT2D eigenvalue weighted by Gasteiger charge is 2.42. The van der Waals surface area contributed by atoms with Gasteiger partial charge in [-0.2, -0.15) is 8.78 Å². The van der Waals surface area contributed by atoms with Gasteiger partial charge in [-0.1, -0.05) is 66.2 Å². The van der Waals surface area contributed by atoms with Gasteiger partial charge in [0, 0.05) is 25.2 Å². The van der Waals surface area contributed by atoms with E-state index in [1.54, 1.807) is 30.3 Å². The molecule has 0 fully saturated rings. The van der Waals surface area contributed by atoms with Gasteiger partial charge >= 0.3 is 5.92 Å². The summed E-state index contributed by atoms with van der Waals surface area (Å²) in [6, 6.07) is 24.2. The molecule has 7 nitrogen and oxygen atoms in total. The Hall–Kier alpha value is -4.08. The predicted octanol–water partition coefficient (Wildman–Crippen LogP) is 7.42. The summed E-state index contributed by atoms with van der Waals surface area (Å²) in [4.78, 5) is 16.8. The molecule has 0 amide bonds. The molecule has 0 aliphatic rings. The third kappa shape index (κ3) is 8.70. The van der Waals surface area contributed by atoms with Crippen LogP contribution in [0.4, 0.5) is 8.78 Å². The maximum atomic E-state index is 14.9. The van der Waals surface area contributed by atoms with Crippen LogP contribution in [0.5, 0.6) is 11.5 Å². The highest BCUT2D eigenvalue weighted by atomic mass is 19.3. The van der Waals surface area contributed by atoms with Crippen LogP contribution in [0.2, 0.25) is 0 Å². The molecule has 3 aromatic carbocycles. The fourth-order valence-electron chi connectivity index (χ4n) is 4.01. The summed E-state index contributed by atoms with van der Waals surface area (Å²) in [5.74, 6) is -4.37. The van der Waals surface area contributed by atoms with Crippen molar-refractivity contribution < 1.29 is 36.9 Å². The number of hydrogen-bond donors (Lipinski definition) is 0. The average Bonchev–Trinajstić information content (AvgIpc) is 3.40. The Balaban J connectivity index is 1.29. The lowest BCUT2D eigenvalue weighted by molar-refractivity contribution is -0.0442. The third-order valence-corrected chi connectivity index (χ3v) is 6.19. The SMILES string of the molecule is COCOCc1oc(C(=O)C(F)(F)CCCCOc2cccc(OCc3ccccc3)c2)nc1-c1ccc(C)cc1. The fourth-order valence-corrected chi connectivity index (χ4v) is 4.01. The second-order valence-corrected chi connectivity index (χ2v) is 9.50. The molecule has 41 heavy (non-hydrogen) atoms. The largest absolute Gasteiger partial charge is 0.493 e. The molecule has 216 valence electrons. The van der Waals surface area contributed by atoms with E-state index in [9.17, 15) is 13.6 Å². The number of halogens is 2. The van der Waals surface area contributed by atoms with E-state index in [0.29, 0.717) is 30.1 Å². The lowest BCUT2D eigenvalue weighted by Crippen LogP contribution is -2.29. The number of aromatic nitrogens is 1. The molecule has 0 unspecified atom stereocenters. The van der Waals surface area contributed by atoms with Crippen LogP contribution in [-0.2, 0) is 22.7 Å². The quantitative estimate of drug-likeness (QED) is 0.0795. The van der Waals surface area contributed by atoms with Crippen molar-refractivity contribution in [1.82, 2.24) is 4.98 Å². The van der Waals surface area contributed by atoms with Gasteiger partial charge < -0.3 is 23.4 Å². The number of ether oxygens (including phenoxy) is 4. The first-order valence-electron chi connectivity index (χ1n) is 13.3. The maximum absolute atomic E-state index is 14.9. The number of methoxy groups -OCH3 is 1. The molecule has 4 aromatic rings. The van der Waals surface area contributed by atoms with Crippen LogP contribution in [0.3, 0.4) is 0 Å². The van der Waals surface area contributed by atoms with E-state index in [-0.39, 0.29) is 37.9 Å². The van der Waals surface area contributed by atoms with Crippen molar-refractivity contribution in [2.24, 2.45) is 0 Å². The van der Waals surface area contributed by atoms with Crippen LogP contribution < -0.4 is 9.47 Å². The monoisotopic (exact) mass is 565 g/mol. The zero-order chi connectivity index (χ0) is 29.1. The van der Waals surface area contributed by atoms with Crippen LogP contribution in [0.15, 0.2) is 83.3 Å². The van der Waals surface area contributed by atoms with Crippen LogP contribution >= 0.6 is 0 Å². The number of aryl methyl sites for hydroxylation is 1. The minimum atomic E-state index is -3.65. The molecule has 0 N–H and O–H groups in total. The Labute approximate surface area is 238 Å². The Bertz CT molecular complexity index is 1390. The molecule has 9 heteroatoms. The minimum absolute atomic E-state index is 0.0272. The fraction of sp³-hybridized carbons (Fsp3) is 0.312. The number of hydrogen-bond acceptors (Lipinski definition) is 7. The van der Waals surface area contributed by atoms with Gasteiger partial charge in [0.25, 0.3) is 11.7 Å². The molecule has 0 aliphatic carbocycles. The zero-order valence-corrected chi connectivity index (χ0v) is 23.1. The molecular formula is C32H33F2NO6. The highest BCUT2D eigenvalue weighted by molar-refractivity contribution is 5.98. The first-order valence-corrected chi connectivity index (χ1v) is 13.3. The summed E-state index contributed by atoms with van der Waals surface area (Å²) in [7, 11) is 1.46. The summed E-state index contributed by atoms with van der Waals surface area (Å²) < 4.78 is 56.9. The average molecular weight is 566 g/mol. The molecule has 0 bridgehead atoms. The molecular weight excluding hydrogens is 532 g/mol. The number of carbonyl (C=O) groups is 1. The summed E-state index contributed by atoms with van der Waals surface area (Å²) in [5, 5.41) is 0. The second-order valence-electron chi connectivity index (χ2n) is 9.50. The summed E-state index contributed by atoms with van der Waals surface area (Å²) in [6.07, 6.45) is -0.264. The number of unbranched alkanes of at least 4 members (excludes halogenated alkanes) is 1. The summed E-state index contributed by atoms with van der Waals surface area (Å²) in [6.45, 7) is 2.45. The van der Waals surface area contributed by atoms with E-state index in [2.05, 4.69) is 4.98 Å². The van der Waals surface area contributed by atoms with Gasteiger partial charge in [-0.25, -0.2) is 4.98 Å². The number of ketones is 1. The normalized spacial score (nSPS) is 11.4. The van der Waals surface area contributed by atoms with Crippen molar-refractivity contribution in [2.75, 3.05) is 20.5 Å². The number of carbonyl (C=O) groups excluding carboxylic acids is 1. The molecule has 0 radical (unpaired) electrons. The molecule has 0 saturated heterocycles. The van der Waals surface area contributed by atoms with Gasteiger partial charge in [0.15, 0.2) is 5.76 Å². The van der Waals surface area contributed by atoms with E-state index in [0.717, 1.165) is 11.1 Å². The van der Waals surface area contributed by atoms with E-state index < -0.39 is 24.0 Å². The molecule has 0 aliphatic heterocycles. The van der Waals surface area contributed by atoms with Crippen LogP contribution in [0.25, 0.3) is 11.3 Å². The Kier molecular flexibility index (Phi) is 10.6. The van der Waals surface area contributed by atoms with Gasteiger partial charge in [-0.15, -0.1) is 0 Å². The third-order valence-electron chi connectivity index (χ3n) is 6.19. The van der Waals surface area contributed by atoms with E-state index in [1.807, 2.05) is 55.5 Å². The van der Waals surface area contributed by atoms with Gasteiger partial charge in [-0.05, 0) is 37.5 Å². The van der Waals surface area contributed by atoms with E-state index in [1.165, 1.54) is 7.11 Å². The summed E-state index contributed by atoms with van der Waals surface area (Å²) >= 11 is 0. The van der Waals surface area contributed by atoms with Gasteiger partial charge in [0.05, 0.1) is 6.61 Å². The first-order chi connectivity index (χ1) is 19.9. The number of alkyl halides is 2. The van der Waals surface area contributed by atoms with E-state index in [4.69, 9.17) is 23.4 Å². The Morgan fingerprint density at radius 2 is 1.63 bits per heavy atom. The maximum Gasteiger partial charge on any atom is 0.314 e. The molecule has 0 atom stereocenters. The number of nitrogens with zero attached hydrogens (tertiary/aromatic N) is 1. The lowest BCUT2D eigenvalue weighted by Gasteiger charge is -2.13. The molecule has 1 heterocycles. The number of benzene rings is 3. The van der Waals surface area contributed by atoms with Crippen molar-refractivity contribution in [3.05, 3.63) is 102 Å². The number of rotatable bonds is 16. The van der Waals surface area contributed by atoms with Crippen LogP contribution in [-0.4, -0.2) is 37.2 Å². The van der Waals surface area contributed by atoms with Crippen LogP contribution in [0, 0.1) is 6.92 Å². The van der Waals surface area contributed by atoms with Crippen molar-refractivity contribution in [3.63, 3.8) is 0 Å². The number of oxazole rings is 1. The minimum Gasteiger partial charge on any atom is -0.493 e. The smallest absolute Gasteiger partial charge is 0.314 e. The second kappa shape index (κ2) is 14.5. The lowest BCUT2D eigenvalue weighted by atomic mass is 10.1.